The van der Waals surface area contributed by atoms with Gasteiger partial charge in [0, 0.05) is 17.4 Å². The van der Waals surface area contributed by atoms with E-state index in [9.17, 15) is 9.59 Å². The molecule has 3 fully saturated rings. The second kappa shape index (κ2) is 4.69. The number of aldehydes is 1. The Morgan fingerprint density at radius 2 is 1.95 bits per heavy atom. The van der Waals surface area contributed by atoms with Gasteiger partial charge in [-0.1, -0.05) is 19.9 Å². The molecule has 22 heavy (non-hydrogen) atoms. The van der Waals surface area contributed by atoms with E-state index in [1.807, 2.05) is 0 Å². The van der Waals surface area contributed by atoms with Crippen LogP contribution in [-0.4, -0.2) is 18.2 Å². The van der Waals surface area contributed by atoms with E-state index in [-0.39, 0.29) is 22.7 Å². The maximum absolute atomic E-state index is 11.7. The lowest BCUT2D eigenvalue weighted by atomic mass is 9.48. The number of hydrogen-bond donors (Lipinski definition) is 1. The normalized spacial score (nSPS) is 53.2. The Labute approximate surface area is 132 Å². The molecule has 0 aromatic rings. The molecule has 3 nitrogen and oxygen atoms in total. The fraction of sp³-hybridized carbons (Fsp3) is 0.789. The van der Waals surface area contributed by atoms with Crippen LogP contribution in [0.25, 0.3) is 0 Å². The molecule has 0 aromatic heterocycles. The quantitative estimate of drug-likeness (QED) is 0.757. The second-order valence-electron chi connectivity index (χ2n) is 8.58. The molecule has 0 spiro atoms. The summed E-state index contributed by atoms with van der Waals surface area (Å²) in [6.07, 6.45) is 12.2. The molecular weight excluding hydrogens is 274 g/mol. The minimum atomic E-state index is 0.0726. The molecular formula is C19H27NO2. The smallest absolute Gasteiger partial charge is 0.243 e. The number of carbonyl (C=O) groups excluding carboxylic acids is 2. The van der Waals surface area contributed by atoms with Gasteiger partial charge < -0.3 is 10.1 Å². The molecule has 1 amide bonds. The molecule has 1 N–H and O–H groups in total. The van der Waals surface area contributed by atoms with Crippen LogP contribution in [0, 0.1) is 34.5 Å². The van der Waals surface area contributed by atoms with Crippen LogP contribution in [0.15, 0.2) is 12.2 Å². The van der Waals surface area contributed by atoms with Crippen molar-refractivity contribution in [1.29, 1.82) is 0 Å². The van der Waals surface area contributed by atoms with Gasteiger partial charge in [-0.05, 0) is 67.8 Å². The van der Waals surface area contributed by atoms with E-state index in [0.29, 0.717) is 17.9 Å². The van der Waals surface area contributed by atoms with Crippen molar-refractivity contribution in [3.05, 3.63) is 12.2 Å². The number of rotatable bonds is 1. The van der Waals surface area contributed by atoms with E-state index < -0.39 is 0 Å². The molecule has 1 aliphatic heterocycles. The van der Waals surface area contributed by atoms with E-state index in [1.54, 1.807) is 6.08 Å². The summed E-state index contributed by atoms with van der Waals surface area (Å²) in [5.74, 6) is 2.43. The van der Waals surface area contributed by atoms with E-state index in [4.69, 9.17) is 0 Å². The van der Waals surface area contributed by atoms with Gasteiger partial charge in [-0.25, -0.2) is 0 Å². The number of hydrogen-bond acceptors (Lipinski definition) is 2. The highest BCUT2D eigenvalue weighted by Gasteiger charge is 2.59. The largest absolute Gasteiger partial charge is 0.349 e. The first kappa shape index (κ1) is 14.5. The minimum absolute atomic E-state index is 0.0726. The van der Waals surface area contributed by atoms with Gasteiger partial charge in [-0.15, -0.1) is 0 Å². The Bertz CT molecular complexity index is 542. The Kier molecular flexibility index (Phi) is 3.08. The van der Waals surface area contributed by atoms with Gasteiger partial charge in [-0.3, -0.25) is 4.79 Å². The van der Waals surface area contributed by atoms with Crippen LogP contribution in [0.2, 0.25) is 0 Å². The van der Waals surface area contributed by atoms with Crippen molar-refractivity contribution < 1.29 is 9.59 Å². The van der Waals surface area contributed by atoms with Crippen LogP contribution in [0.4, 0.5) is 0 Å². The summed E-state index contributed by atoms with van der Waals surface area (Å²) in [6.45, 7) is 4.71. The zero-order chi connectivity index (χ0) is 15.5. The van der Waals surface area contributed by atoms with Crippen LogP contribution in [0.1, 0.15) is 52.4 Å². The fourth-order valence-electron chi connectivity index (χ4n) is 6.60. The zero-order valence-electron chi connectivity index (χ0n) is 13.7. The lowest BCUT2D eigenvalue weighted by Crippen LogP contribution is -2.59. The SMILES string of the molecule is C[C@]12C=CC(=O)N[C@@H]1CC[C@@H]1[C@@H]2CC[C@]2(C)[C@@H](C=O)CC[C@@H]12. The summed E-state index contributed by atoms with van der Waals surface area (Å²) >= 11 is 0. The molecule has 0 bridgehead atoms. The van der Waals surface area contributed by atoms with Gasteiger partial charge in [-0.2, -0.15) is 0 Å². The van der Waals surface area contributed by atoms with Crippen molar-refractivity contribution in [3.8, 4) is 0 Å². The van der Waals surface area contributed by atoms with Crippen LogP contribution in [0.5, 0.6) is 0 Å². The highest BCUT2D eigenvalue weighted by atomic mass is 16.1. The summed E-state index contributed by atoms with van der Waals surface area (Å²) in [5, 5.41) is 3.20. The van der Waals surface area contributed by atoms with E-state index in [1.165, 1.54) is 32.0 Å². The average molecular weight is 301 g/mol. The first-order valence-corrected chi connectivity index (χ1v) is 8.94. The predicted octanol–water partition coefficient (Wildman–Crippen LogP) is 3.10. The molecule has 7 atom stereocenters. The summed E-state index contributed by atoms with van der Waals surface area (Å²) in [4.78, 5) is 23.2. The van der Waals surface area contributed by atoms with Crippen molar-refractivity contribution >= 4 is 12.2 Å². The Morgan fingerprint density at radius 1 is 1.14 bits per heavy atom. The Morgan fingerprint density at radius 3 is 2.73 bits per heavy atom. The minimum Gasteiger partial charge on any atom is -0.349 e. The topological polar surface area (TPSA) is 46.2 Å². The highest BCUT2D eigenvalue weighted by Crippen LogP contribution is 2.64. The first-order valence-electron chi connectivity index (χ1n) is 8.94. The third kappa shape index (κ3) is 1.74. The number of amides is 1. The lowest BCUT2D eigenvalue weighted by Gasteiger charge is -2.58. The monoisotopic (exact) mass is 301 g/mol. The van der Waals surface area contributed by atoms with Gasteiger partial charge in [0.05, 0.1) is 0 Å². The number of carbonyl (C=O) groups is 2. The van der Waals surface area contributed by atoms with Crippen molar-refractivity contribution in [2.24, 2.45) is 34.5 Å². The van der Waals surface area contributed by atoms with Crippen LogP contribution >= 0.6 is 0 Å². The molecule has 0 radical (unpaired) electrons. The standard InChI is InChI=1S/C19H27NO2/c1-18-9-7-15-13(14(18)5-3-12(18)11-21)4-6-16-19(15,2)10-8-17(22)20-16/h8,10-16H,3-7,9H2,1-2H3,(H,20,22)/t12-,13+,14+,15+,16-,18-,19-/m1/s1. The molecule has 4 rings (SSSR count). The highest BCUT2D eigenvalue weighted by molar-refractivity contribution is 5.89. The van der Waals surface area contributed by atoms with Gasteiger partial charge in [0.1, 0.15) is 6.29 Å². The second-order valence-corrected chi connectivity index (χ2v) is 8.58. The van der Waals surface area contributed by atoms with Crippen molar-refractivity contribution in [3.63, 3.8) is 0 Å². The fourth-order valence-corrected chi connectivity index (χ4v) is 6.60. The van der Waals surface area contributed by atoms with Crippen molar-refractivity contribution in [1.82, 2.24) is 5.32 Å². The summed E-state index contributed by atoms with van der Waals surface area (Å²) < 4.78 is 0. The summed E-state index contributed by atoms with van der Waals surface area (Å²) in [5.41, 5.74) is 0.338. The number of fused-ring (bicyclic) bond motifs is 5. The summed E-state index contributed by atoms with van der Waals surface area (Å²) in [7, 11) is 0. The lowest BCUT2D eigenvalue weighted by molar-refractivity contribution is -0.125. The number of nitrogens with one attached hydrogen (secondary N) is 1. The van der Waals surface area contributed by atoms with E-state index >= 15 is 0 Å². The maximum Gasteiger partial charge on any atom is 0.243 e. The molecule has 0 unspecified atom stereocenters. The molecule has 3 saturated carbocycles. The van der Waals surface area contributed by atoms with E-state index in [2.05, 4.69) is 25.2 Å². The van der Waals surface area contributed by atoms with Crippen molar-refractivity contribution in [2.75, 3.05) is 0 Å². The predicted molar refractivity (Wildman–Crippen MR) is 85.0 cm³/mol. The molecule has 0 aromatic carbocycles. The van der Waals surface area contributed by atoms with Crippen molar-refractivity contribution in [2.45, 2.75) is 58.4 Å². The van der Waals surface area contributed by atoms with Gasteiger partial charge in [0.25, 0.3) is 0 Å². The molecule has 1 heterocycles. The molecule has 3 aliphatic carbocycles. The van der Waals surface area contributed by atoms with Crippen LogP contribution in [-0.2, 0) is 9.59 Å². The maximum atomic E-state index is 11.7. The molecule has 0 saturated heterocycles. The molecule has 4 aliphatic rings. The van der Waals surface area contributed by atoms with Gasteiger partial charge in [0.2, 0.25) is 5.91 Å². The third-order valence-corrected chi connectivity index (χ3v) is 7.92. The first-order chi connectivity index (χ1) is 10.5. The molecule has 120 valence electrons. The Balaban J connectivity index is 1.67. The Hall–Kier alpha value is -1.12. The van der Waals surface area contributed by atoms with Gasteiger partial charge >= 0.3 is 0 Å². The van der Waals surface area contributed by atoms with E-state index in [0.717, 1.165) is 18.8 Å². The molecule has 3 heteroatoms. The summed E-state index contributed by atoms with van der Waals surface area (Å²) in [6, 6.07) is 0.305. The van der Waals surface area contributed by atoms with Crippen LogP contribution < -0.4 is 5.32 Å². The van der Waals surface area contributed by atoms with Gasteiger partial charge in [0.15, 0.2) is 0 Å². The van der Waals surface area contributed by atoms with Crippen LogP contribution in [0.3, 0.4) is 0 Å². The third-order valence-electron chi connectivity index (χ3n) is 7.92. The zero-order valence-corrected chi connectivity index (χ0v) is 13.7. The average Bonchev–Trinajstić information content (AvgIpc) is 2.84.